The molecule has 0 N–H and O–H groups in total. The van der Waals surface area contributed by atoms with Crippen LogP contribution < -0.4 is 0 Å². The van der Waals surface area contributed by atoms with Gasteiger partial charge >= 0.3 is 5.97 Å². The van der Waals surface area contributed by atoms with E-state index in [1.165, 1.54) is 17.7 Å². The molecule has 31 heavy (non-hydrogen) atoms. The highest BCUT2D eigenvalue weighted by molar-refractivity contribution is 5.79. The third kappa shape index (κ3) is 7.33. The van der Waals surface area contributed by atoms with Gasteiger partial charge < -0.3 is 9.64 Å². The number of halogens is 1. The zero-order chi connectivity index (χ0) is 22.4. The Balaban J connectivity index is 1.35. The Morgan fingerprint density at radius 1 is 1.00 bits per heavy atom. The Hall–Kier alpha value is -1.91. The number of carbonyl (C=O) groups is 2. The van der Waals surface area contributed by atoms with Crippen LogP contribution in [0.2, 0.25) is 0 Å². The number of rotatable bonds is 6. The molecule has 0 aromatic heterocycles. The van der Waals surface area contributed by atoms with Gasteiger partial charge in [0.2, 0.25) is 5.91 Å². The summed E-state index contributed by atoms with van der Waals surface area (Å²) < 4.78 is 18.5. The Labute approximate surface area is 186 Å². The zero-order valence-corrected chi connectivity index (χ0v) is 19.4. The first-order valence-electron chi connectivity index (χ1n) is 12.0. The molecule has 1 saturated carbocycles. The molecule has 1 aliphatic carbocycles. The van der Waals surface area contributed by atoms with Crippen molar-refractivity contribution in [2.45, 2.75) is 90.1 Å². The molecule has 2 aliphatic rings. The van der Waals surface area contributed by atoms with E-state index in [1.54, 1.807) is 0 Å². The summed E-state index contributed by atoms with van der Waals surface area (Å²) in [6, 6.07) is 6.81. The van der Waals surface area contributed by atoms with E-state index in [9.17, 15) is 14.0 Å². The first-order valence-corrected chi connectivity index (χ1v) is 12.0. The smallest absolute Gasteiger partial charge is 0.306 e. The van der Waals surface area contributed by atoms with Crippen LogP contribution >= 0.6 is 0 Å². The Morgan fingerprint density at radius 3 is 2.19 bits per heavy atom. The monoisotopic (exact) mass is 431 g/mol. The van der Waals surface area contributed by atoms with E-state index in [1.807, 2.05) is 37.8 Å². The second-order valence-electron chi connectivity index (χ2n) is 10.3. The van der Waals surface area contributed by atoms with Crippen LogP contribution in [0.5, 0.6) is 0 Å². The lowest BCUT2D eigenvalue weighted by Gasteiger charge is -2.36. The van der Waals surface area contributed by atoms with Crippen LogP contribution in [0.25, 0.3) is 0 Å². The van der Waals surface area contributed by atoms with Crippen molar-refractivity contribution in [2.75, 3.05) is 13.1 Å². The summed E-state index contributed by atoms with van der Waals surface area (Å²) in [5, 5.41) is 0. The van der Waals surface area contributed by atoms with Gasteiger partial charge in [-0.2, -0.15) is 0 Å². The molecule has 1 aromatic carbocycles. The number of hydrogen-bond acceptors (Lipinski definition) is 3. The van der Waals surface area contributed by atoms with Crippen LogP contribution in [0.1, 0.15) is 90.0 Å². The van der Waals surface area contributed by atoms with Crippen molar-refractivity contribution in [2.24, 2.45) is 11.8 Å². The first kappa shape index (κ1) is 23.7. The third-order valence-corrected chi connectivity index (χ3v) is 6.76. The van der Waals surface area contributed by atoms with E-state index in [0.29, 0.717) is 24.2 Å². The van der Waals surface area contributed by atoms with Crippen molar-refractivity contribution in [3.05, 3.63) is 35.6 Å². The van der Waals surface area contributed by atoms with Crippen LogP contribution in [0, 0.1) is 17.7 Å². The van der Waals surface area contributed by atoms with Crippen molar-refractivity contribution in [1.82, 2.24) is 4.90 Å². The zero-order valence-electron chi connectivity index (χ0n) is 19.4. The van der Waals surface area contributed by atoms with E-state index in [-0.39, 0.29) is 17.7 Å². The minimum absolute atomic E-state index is 0.111. The van der Waals surface area contributed by atoms with Crippen molar-refractivity contribution in [3.8, 4) is 0 Å². The highest BCUT2D eigenvalue weighted by atomic mass is 19.1. The molecule has 0 atom stereocenters. The highest BCUT2D eigenvalue weighted by Crippen LogP contribution is 2.35. The fourth-order valence-electron chi connectivity index (χ4n) is 5.05. The molecule has 0 bridgehead atoms. The van der Waals surface area contributed by atoms with Gasteiger partial charge in [-0.25, -0.2) is 4.39 Å². The summed E-state index contributed by atoms with van der Waals surface area (Å²) >= 11 is 0. The van der Waals surface area contributed by atoms with Crippen molar-refractivity contribution in [1.29, 1.82) is 0 Å². The molecular formula is C26H38FNO3. The summed E-state index contributed by atoms with van der Waals surface area (Å²) in [5.41, 5.74) is 0.767. The number of ether oxygens (including phenoxy) is 1. The number of benzene rings is 1. The fraction of sp³-hybridized carbons (Fsp3) is 0.692. The Bertz CT molecular complexity index is 724. The minimum Gasteiger partial charge on any atom is -0.460 e. The van der Waals surface area contributed by atoms with Gasteiger partial charge in [0.05, 0.1) is 0 Å². The lowest BCUT2D eigenvalue weighted by atomic mass is 9.79. The number of likely N-dealkylation sites (tertiary alicyclic amines) is 1. The van der Waals surface area contributed by atoms with E-state index >= 15 is 0 Å². The van der Waals surface area contributed by atoms with Gasteiger partial charge in [0.25, 0.3) is 0 Å². The minimum atomic E-state index is -0.414. The van der Waals surface area contributed by atoms with Crippen LogP contribution in [-0.4, -0.2) is 35.5 Å². The molecule has 2 fully saturated rings. The summed E-state index contributed by atoms with van der Waals surface area (Å²) in [6.45, 7) is 7.30. The quantitative estimate of drug-likeness (QED) is 0.531. The number of piperidine rings is 1. The van der Waals surface area contributed by atoms with Crippen LogP contribution in [-0.2, 0) is 14.3 Å². The Morgan fingerprint density at radius 2 is 1.61 bits per heavy atom. The largest absolute Gasteiger partial charge is 0.460 e. The van der Waals surface area contributed by atoms with Gasteiger partial charge in [0.15, 0.2) is 0 Å². The molecule has 1 amide bonds. The molecule has 1 saturated heterocycles. The molecule has 0 unspecified atom stereocenters. The van der Waals surface area contributed by atoms with Crippen LogP contribution in [0.4, 0.5) is 4.39 Å². The van der Waals surface area contributed by atoms with Gasteiger partial charge in [-0.1, -0.05) is 12.1 Å². The normalized spacial score (nSPS) is 22.9. The molecule has 1 heterocycles. The predicted octanol–water partition coefficient (Wildman–Crippen LogP) is 5.85. The number of esters is 1. The van der Waals surface area contributed by atoms with Crippen molar-refractivity contribution < 1.29 is 18.7 Å². The predicted molar refractivity (Wildman–Crippen MR) is 120 cm³/mol. The molecular weight excluding hydrogens is 393 g/mol. The van der Waals surface area contributed by atoms with Gasteiger partial charge in [0, 0.05) is 25.4 Å². The van der Waals surface area contributed by atoms with E-state index in [2.05, 4.69) is 0 Å². The lowest BCUT2D eigenvalue weighted by molar-refractivity contribution is -0.155. The average molecular weight is 432 g/mol. The third-order valence-electron chi connectivity index (χ3n) is 6.76. The topological polar surface area (TPSA) is 46.6 Å². The van der Waals surface area contributed by atoms with E-state index < -0.39 is 5.60 Å². The number of hydrogen-bond donors (Lipinski definition) is 0. The van der Waals surface area contributed by atoms with Crippen LogP contribution in [0.3, 0.4) is 0 Å². The standard InChI is InChI=1S/C26H38FNO3/c1-26(2,3)31-24(29)6-4-5-19-7-9-22(10-8-19)25(30)28-17-15-21(16-18-28)20-11-13-23(27)14-12-20/h11-14,19,21-22H,4-10,15-18H2,1-3H3. The molecule has 1 aromatic rings. The van der Waals surface area contributed by atoms with Gasteiger partial charge in [-0.15, -0.1) is 0 Å². The second-order valence-corrected chi connectivity index (χ2v) is 10.3. The maximum absolute atomic E-state index is 13.1. The van der Waals surface area contributed by atoms with E-state index in [4.69, 9.17) is 4.74 Å². The summed E-state index contributed by atoms with van der Waals surface area (Å²) in [4.78, 5) is 26.9. The van der Waals surface area contributed by atoms with Gasteiger partial charge in [-0.05, 0) is 102 Å². The number of amides is 1. The SMILES string of the molecule is CC(C)(C)OC(=O)CCCC1CCC(C(=O)N2CCC(c3ccc(F)cc3)CC2)CC1. The van der Waals surface area contributed by atoms with Crippen LogP contribution in [0.15, 0.2) is 24.3 Å². The molecule has 4 nitrogen and oxygen atoms in total. The van der Waals surface area contributed by atoms with Crippen molar-refractivity contribution >= 4 is 11.9 Å². The molecule has 0 radical (unpaired) electrons. The Kier molecular flexibility index (Phi) is 8.12. The molecule has 0 spiro atoms. The van der Waals surface area contributed by atoms with Crippen molar-refractivity contribution in [3.63, 3.8) is 0 Å². The molecule has 1 aliphatic heterocycles. The first-order chi connectivity index (χ1) is 14.7. The summed E-state index contributed by atoms with van der Waals surface area (Å²) in [7, 11) is 0. The number of carbonyl (C=O) groups excluding carboxylic acids is 2. The molecule has 172 valence electrons. The summed E-state index contributed by atoms with van der Waals surface area (Å²) in [6.07, 6.45) is 8.40. The number of nitrogens with zero attached hydrogens (tertiary/aromatic N) is 1. The maximum Gasteiger partial charge on any atom is 0.306 e. The molecule has 5 heteroatoms. The summed E-state index contributed by atoms with van der Waals surface area (Å²) in [5.74, 6) is 1.22. The average Bonchev–Trinajstić information content (AvgIpc) is 2.73. The van der Waals surface area contributed by atoms with Gasteiger partial charge in [0.1, 0.15) is 11.4 Å². The molecule has 3 rings (SSSR count). The maximum atomic E-state index is 13.1. The van der Waals surface area contributed by atoms with Gasteiger partial charge in [-0.3, -0.25) is 9.59 Å². The van der Waals surface area contributed by atoms with E-state index in [0.717, 1.165) is 64.5 Å². The fourth-order valence-corrected chi connectivity index (χ4v) is 5.05. The second kappa shape index (κ2) is 10.6. The lowest BCUT2D eigenvalue weighted by Crippen LogP contribution is -2.42. The highest BCUT2D eigenvalue weighted by Gasteiger charge is 2.31.